The van der Waals surface area contributed by atoms with Gasteiger partial charge in [0, 0.05) is 53.7 Å². The van der Waals surface area contributed by atoms with Gasteiger partial charge in [-0.25, -0.2) is 13.8 Å². The van der Waals surface area contributed by atoms with E-state index < -0.39 is 42.2 Å². The largest absolute Gasteiger partial charge is 0.490 e. The van der Waals surface area contributed by atoms with Crippen molar-refractivity contribution < 1.29 is 31.5 Å². The topological polar surface area (TPSA) is 89.6 Å². The van der Waals surface area contributed by atoms with Crippen molar-refractivity contribution in [3.05, 3.63) is 76.5 Å². The van der Waals surface area contributed by atoms with Crippen LogP contribution < -0.4 is 15.8 Å². The minimum atomic E-state index is -4.54. The number of halogens is 5. The van der Waals surface area contributed by atoms with E-state index in [9.17, 15) is 26.7 Å². The van der Waals surface area contributed by atoms with E-state index in [2.05, 4.69) is 15.3 Å². The van der Waals surface area contributed by atoms with Crippen molar-refractivity contribution in [1.29, 1.82) is 0 Å². The average molecular weight is 545 g/mol. The summed E-state index contributed by atoms with van der Waals surface area (Å²) in [6.07, 6.45) is -1.56. The van der Waals surface area contributed by atoms with Gasteiger partial charge in [-0.2, -0.15) is 13.2 Å². The molecule has 2 heterocycles. The zero-order chi connectivity index (χ0) is 27.9. The van der Waals surface area contributed by atoms with E-state index in [0.717, 1.165) is 18.9 Å². The lowest BCUT2D eigenvalue weighted by Gasteiger charge is -2.21. The summed E-state index contributed by atoms with van der Waals surface area (Å²) in [6.45, 7) is -0.506. The van der Waals surface area contributed by atoms with E-state index in [1.165, 1.54) is 49.7 Å². The van der Waals surface area contributed by atoms with Crippen LogP contribution in [0.15, 0.2) is 47.5 Å². The van der Waals surface area contributed by atoms with Gasteiger partial charge in [0.05, 0.1) is 5.69 Å². The summed E-state index contributed by atoms with van der Waals surface area (Å²) in [5.41, 5.74) is 6.82. The molecule has 1 aliphatic heterocycles. The minimum absolute atomic E-state index is 0.0220. The molecule has 5 rings (SSSR count). The van der Waals surface area contributed by atoms with Gasteiger partial charge in [-0.15, -0.1) is 0 Å². The van der Waals surface area contributed by atoms with Gasteiger partial charge in [-0.3, -0.25) is 9.79 Å². The molecule has 1 fully saturated rings. The number of aliphatic imine (C=N–C) groups is 1. The van der Waals surface area contributed by atoms with Crippen LogP contribution in [0.4, 0.5) is 27.6 Å². The van der Waals surface area contributed by atoms with Crippen molar-refractivity contribution in [3.63, 3.8) is 0 Å². The van der Waals surface area contributed by atoms with Crippen molar-refractivity contribution in [3.8, 4) is 17.0 Å². The van der Waals surface area contributed by atoms with Crippen LogP contribution in [0.2, 0.25) is 0 Å². The summed E-state index contributed by atoms with van der Waals surface area (Å²) in [4.78, 5) is 21.4. The minimum Gasteiger partial charge on any atom is -0.490 e. The smallest absolute Gasteiger partial charge is 0.399 e. The first-order chi connectivity index (χ1) is 18.6. The highest BCUT2D eigenvalue weighted by Gasteiger charge is 2.47. The number of amides is 1. The molecule has 3 aromatic rings. The summed E-state index contributed by atoms with van der Waals surface area (Å²) >= 11 is 0. The molecular weight excluding hydrogens is 519 g/mol. The van der Waals surface area contributed by atoms with Gasteiger partial charge in [0.15, 0.2) is 0 Å². The van der Waals surface area contributed by atoms with Gasteiger partial charge in [0.2, 0.25) is 0 Å². The number of alkyl halides is 3. The fraction of sp³-hybridized carbons (Fsp3) is 0.321. The van der Waals surface area contributed by atoms with Gasteiger partial charge in [-0.05, 0) is 61.2 Å². The number of carbonyl (C=O) groups is 1. The Morgan fingerprint density at radius 3 is 2.56 bits per heavy atom. The van der Waals surface area contributed by atoms with Gasteiger partial charge in [-0.1, -0.05) is 0 Å². The molecule has 0 bridgehead atoms. The number of ether oxygens (including phenoxy) is 1. The maximum atomic E-state index is 14.3. The number of hydrogen-bond acceptors (Lipinski definition) is 5. The molecule has 2 atom stereocenters. The van der Waals surface area contributed by atoms with E-state index in [1.807, 2.05) is 0 Å². The molecule has 1 saturated carbocycles. The van der Waals surface area contributed by atoms with Gasteiger partial charge in [0.1, 0.15) is 35.6 Å². The van der Waals surface area contributed by atoms with Crippen LogP contribution >= 0.6 is 0 Å². The quantitative estimate of drug-likeness (QED) is 0.230. The highest BCUT2D eigenvalue weighted by Crippen LogP contribution is 2.50. The van der Waals surface area contributed by atoms with E-state index >= 15 is 0 Å². The van der Waals surface area contributed by atoms with E-state index in [-0.39, 0.29) is 46.3 Å². The molecule has 1 aromatic heterocycles. The zero-order valence-electron chi connectivity index (χ0n) is 20.9. The van der Waals surface area contributed by atoms with Crippen molar-refractivity contribution in [1.82, 2.24) is 10.3 Å². The number of hydrogen-bond donors (Lipinski definition) is 2. The molecule has 0 spiro atoms. The molecule has 0 saturated heterocycles. The Balaban J connectivity index is 1.49. The summed E-state index contributed by atoms with van der Waals surface area (Å²) in [5.74, 6) is -3.95. The highest BCUT2D eigenvalue weighted by molar-refractivity contribution is 5.98. The fourth-order valence-electron chi connectivity index (χ4n) is 4.84. The summed E-state index contributed by atoms with van der Waals surface area (Å²) in [5, 5.41) is 2.78. The molecule has 3 N–H and O–H groups in total. The number of carbonyl (C=O) groups excluding carboxylic acids is 1. The summed E-state index contributed by atoms with van der Waals surface area (Å²) < 4.78 is 74.9. The van der Waals surface area contributed by atoms with E-state index in [1.54, 1.807) is 0 Å². The lowest BCUT2D eigenvalue weighted by atomic mass is 9.92. The summed E-state index contributed by atoms with van der Waals surface area (Å²) in [7, 11) is 1.49. The Morgan fingerprint density at radius 1 is 1.21 bits per heavy atom. The van der Waals surface area contributed by atoms with Crippen LogP contribution in [0.3, 0.4) is 0 Å². The number of nitrogen functional groups attached to an aromatic ring is 1. The standard InChI is InChI=1S/C28H25F5N4O2/c1-35-11-17-8-16(9-22(30)24(17)34)27(38)36-12-20(14-2-3-14)23-10-19-21(28(31,32)33)13-39-26(19)25(37-23)15-4-6-18(29)7-5-15/h4-11,14,20-21H,2-3,12-13,34H2,1H3,(H,36,38)/t20-,21+/m0/s1. The highest BCUT2D eigenvalue weighted by atomic mass is 19.4. The number of nitrogens with one attached hydrogen (secondary N) is 1. The third-order valence-corrected chi connectivity index (χ3v) is 7.05. The second-order valence-electron chi connectivity index (χ2n) is 9.73. The average Bonchev–Trinajstić information content (AvgIpc) is 3.63. The maximum Gasteiger partial charge on any atom is 0.399 e. The Labute approximate surface area is 221 Å². The normalized spacial score (nSPS) is 17.6. The number of nitrogens with two attached hydrogens (primary N) is 1. The second-order valence-corrected chi connectivity index (χ2v) is 9.73. The first-order valence-electron chi connectivity index (χ1n) is 12.4. The molecule has 2 aromatic carbocycles. The molecule has 2 aliphatic rings. The SMILES string of the molecule is CN=Cc1cc(C(=O)NC[C@H](c2cc3c(c(-c4ccc(F)cc4)n2)OC[C@H]3C(F)(F)F)C2CC2)cc(F)c1N. The monoisotopic (exact) mass is 544 g/mol. The third-order valence-electron chi connectivity index (χ3n) is 7.05. The fourth-order valence-corrected chi connectivity index (χ4v) is 4.84. The van der Waals surface area contributed by atoms with Gasteiger partial charge < -0.3 is 15.8 Å². The Bertz CT molecular complexity index is 1440. The predicted octanol–water partition coefficient (Wildman–Crippen LogP) is 5.62. The van der Waals surface area contributed by atoms with Gasteiger partial charge >= 0.3 is 6.18 Å². The first kappa shape index (κ1) is 26.6. The van der Waals surface area contributed by atoms with Crippen LogP contribution in [0.25, 0.3) is 11.3 Å². The maximum absolute atomic E-state index is 14.3. The van der Waals surface area contributed by atoms with Crippen LogP contribution in [0, 0.1) is 17.6 Å². The van der Waals surface area contributed by atoms with E-state index in [4.69, 9.17) is 10.5 Å². The van der Waals surface area contributed by atoms with Crippen LogP contribution in [-0.4, -0.2) is 43.5 Å². The lowest BCUT2D eigenvalue weighted by molar-refractivity contribution is -0.151. The number of benzene rings is 2. The van der Waals surface area contributed by atoms with Crippen LogP contribution in [0.5, 0.6) is 5.75 Å². The number of fused-ring (bicyclic) bond motifs is 1. The number of rotatable bonds is 7. The third kappa shape index (κ3) is 5.43. The van der Waals surface area contributed by atoms with Crippen molar-refractivity contribution >= 4 is 17.8 Å². The number of nitrogens with zero attached hydrogens (tertiary/aromatic N) is 2. The Hall–Kier alpha value is -4.02. The molecular formula is C28H25F5N4O2. The first-order valence-corrected chi connectivity index (χ1v) is 12.4. The van der Waals surface area contributed by atoms with E-state index in [0.29, 0.717) is 11.3 Å². The van der Waals surface area contributed by atoms with Gasteiger partial charge in [0.25, 0.3) is 5.91 Å². The predicted molar refractivity (Wildman–Crippen MR) is 136 cm³/mol. The number of pyridine rings is 1. The Kier molecular flexibility index (Phi) is 7.00. The molecule has 1 amide bonds. The molecule has 1 aliphatic carbocycles. The van der Waals surface area contributed by atoms with Crippen LogP contribution in [0.1, 0.15) is 51.9 Å². The molecule has 0 unspecified atom stereocenters. The number of anilines is 1. The lowest BCUT2D eigenvalue weighted by Crippen LogP contribution is -2.30. The van der Waals surface area contributed by atoms with Crippen molar-refractivity contribution in [2.75, 3.05) is 25.9 Å². The zero-order valence-corrected chi connectivity index (χ0v) is 20.9. The molecule has 39 heavy (non-hydrogen) atoms. The molecule has 204 valence electrons. The molecule has 0 radical (unpaired) electrons. The second kappa shape index (κ2) is 10.3. The van der Waals surface area contributed by atoms with Crippen molar-refractivity contribution in [2.45, 2.75) is 30.9 Å². The molecule has 11 heteroatoms. The Morgan fingerprint density at radius 2 is 1.92 bits per heavy atom. The summed E-state index contributed by atoms with van der Waals surface area (Å²) in [6, 6.07) is 9.12. The number of aromatic nitrogens is 1. The van der Waals surface area contributed by atoms with Crippen molar-refractivity contribution in [2.24, 2.45) is 10.9 Å². The molecule has 6 nitrogen and oxygen atoms in total. The van der Waals surface area contributed by atoms with Crippen LogP contribution in [-0.2, 0) is 0 Å².